The molecule has 4 aromatic rings. The van der Waals surface area contributed by atoms with Crippen LogP contribution in [0.15, 0.2) is 55.0 Å². The molecular formula is C32H33F3N8O3. The Morgan fingerprint density at radius 1 is 1.09 bits per heavy atom. The van der Waals surface area contributed by atoms with Gasteiger partial charge in [-0.3, -0.25) is 14.0 Å². The lowest BCUT2D eigenvalue weighted by Gasteiger charge is -2.30. The van der Waals surface area contributed by atoms with E-state index in [1.165, 1.54) is 0 Å². The van der Waals surface area contributed by atoms with Gasteiger partial charge in [0, 0.05) is 53.8 Å². The number of anilines is 2. The molecule has 14 heteroatoms. The summed E-state index contributed by atoms with van der Waals surface area (Å²) in [6.07, 6.45) is 4.30. The first kappa shape index (κ1) is 30.1. The number of benzene rings is 1. The molecule has 3 aliphatic rings. The molecule has 1 aliphatic heterocycles. The standard InChI is InChI=1S/C32H33F3N8O3/c33-32(34,35)21-5-10-38-23(15-21)40-28(45)20-3-1-19(2-4-20)25-26-27(36)39-11-13-43(26)29(41-25)30-6-8-31(18-30,9-7-30)42-24(44)16-22-17-37-12-14-46-22/h1-5,10-11,13,15,22,37H,6-9,12,14,16-18H2,(H2,36,39)(H,42,44)(H,38,40,45). The van der Waals surface area contributed by atoms with E-state index in [0.29, 0.717) is 42.2 Å². The van der Waals surface area contributed by atoms with E-state index >= 15 is 0 Å². The molecule has 1 unspecified atom stereocenters. The number of fused-ring (bicyclic) bond motifs is 3. The molecule has 3 aromatic heterocycles. The van der Waals surface area contributed by atoms with Gasteiger partial charge in [-0.15, -0.1) is 0 Å². The summed E-state index contributed by atoms with van der Waals surface area (Å²) >= 11 is 0. The molecule has 3 fully saturated rings. The fraction of sp³-hybridized carbons (Fsp3) is 0.406. The fourth-order valence-corrected chi connectivity index (χ4v) is 7.27. The number of rotatable bonds is 7. The Kier molecular flexibility index (Phi) is 7.43. The van der Waals surface area contributed by atoms with Gasteiger partial charge in [-0.1, -0.05) is 12.1 Å². The van der Waals surface area contributed by atoms with Crippen LogP contribution in [0, 0.1) is 0 Å². The van der Waals surface area contributed by atoms with Gasteiger partial charge in [0.1, 0.15) is 28.7 Å². The van der Waals surface area contributed by atoms with Crippen LogP contribution < -0.4 is 21.7 Å². The monoisotopic (exact) mass is 634 g/mol. The minimum atomic E-state index is -4.55. The van der Waals surface area contributed by atoms with Crippen molar-refractivity contribution in [3.63, 3.8) is 0 Å². The number of nitrogens with one attached hydrogen (secondary N) is 3. The van der Waals surface area contributed by atoms with E-state index in [4.69, 9.17) is 15.5 Å². The van der Waals surface area contributed by atoms with E-state index in [0.717, 1.165) is 62.8 Å². The van der Waals surface area contributed by atoms with Gasteiger partial charge >= 0.3 is 6.18 Å². The van der Waals surface area contributed by atoms with Crippen molar-refractivity contribution in [3.05, 3.63) is 71.9 Å². The summed E-state index contributed by atoms with van der Waals surface area (Å²) in [7, 11) is 0. The number of halogens is 3. The molecule has 7 rings (SSSR count). The molecule has 240 valence electrons. The first-order valence-corrected chi connectivity index (χ1v) is 15.3. The van der Waals surface area contributed by atoms with Crippen LogP contribution in [0.2, 0.25) is 0 Å². The Morgan fingerprint density at radius 3 is 2.59 bits per heavy atom. The molecule has 11 nitrogen and oxygen atoms in total. The average molecular weight is 635 g/mol. The van der Waals surface area contributed by atoms with Crippen LogP contribution in [0.3, 0.4) is 0 Å². The predicted molar refractivity (Wildman–Crippen MR) is 163 cm³/mol. The Morgan fingerprint density at radius 2 is 1.87 bits per heavy atom. The second-order valence-electron chi connectivity index (χ2n) is 12.5. The number of hydrogen-bond donors (Lipinski definition) is 4. The van der Waals surface area contributed by atoms with Crippen molar-refractivity contribution < 1.29 is 27.5 Å². The molecular weight excluding hydrogens is 601 g/mol. The zero-order valence-corrected chi connectivity index (χ0v) is 24.9. The van der Waals surface area contributed by atoms with Crippen LogP contribution in [0.1, 0.15) is 60.3 Å². The number of alkyl halides is 3. The molecule has 1 aromatic carbocycles. The van der Waals surface area contributed by atoms with Gasteiger partial charge in [0.2, 0.25) is 5.91 Å². The second-order valence-corrected chi connectivity index (χ2v) is 12.5. The molecule has 0 radical (unpaired) electrons. The number of morpholine rings is 1. The first-order chi connectivity index (χ1) is 22.0. The summed E-state index contributed by atoms with van der Waals surface area (Å²) in [5.41, 5.74) is 7.11. The normalized spacial score (nSPS) is 24.3. The SMILES string of the molecule is Nc1nccn2c(C34CCC(NC(=O)CC5CNCCO5)(CC3)C4)nc(-c3ccc(C(=O)Nc4cc(C(F)(F)F)ccn4)cc3)c12. The van der Waals surface area contributed by atoms with Crippen molar-refractivity contribution >= 4 is 29.0 Å². The van der Waals surface area contributed by atoms with Crippen LogP contribution >= 0.6 is 0 Å². The van der Waals surface area contributed by atoms with Gasteiger partial charge in [0.25, 0.3) is 5.91 Å². The number of carbonyl (C=O) groups excluding carboxylic acids is 2. The van der Waals surface area contributed by atoms with Crippen LogP contribution in [0.25, 0.3) is 16.8 Å². The van der Waals surface area contributed by atoms with Crippen LogP contribution in [0.5, 0.6) is 0 Å². The van der Waals surface area contributed by atoms with Crippen molar-refractivity contribution in [2.75, 3.05) is 30.7 Å². The number of pyridine rings is 1. The number of aromatic nitrogens is 4. The first-order valence-electron chi connectivity index (χ1n) is 15.3. The quantitative estimate of drug-likeness (QED) is 0.238. The lowest BCUT2D eigenvalue weighted by molar-refractivity contribution is -0.137. The zero-order chi connectivity index (χ0) is 32.1. The maximum atomic E-state index is 13.1. The second kappa shape index (κ2) is 11.4. The van der Waals surface area contributed by atoms with Gasteiger partial charge in [-0.2, -0.15) is 13.2 Å². The van der Waals surface area contributed by atoms with E-state index in [9.17, 15) is 22.8 Å². The van der Waals surface area contributed by atoms with Crippen molar-refractivity contribution in [1.29, 1.82) is 0 Å². The highest BCUT2D eigenvalue weighted by Gasteiger charge is 2.57. The average Bonchev–Trinajstić information content (AvgIpc) is 3.72. The predicted octanol–water partition coefficient (Wildman–Crippen LogP) is 4.09. The molecule has 2 aliphatic carbocycles. The van der Waals surface area contributed by atoms with Gasteiger partial charge in [0.15, 0.2) is 0 Å². The Bertz CT molecular complexity index is 1790. The molecule has 2 saturated carbocycles. The van der Waals surface area contributed by atoms with Crippen molar-refractivity contribution in [1.82, 2.24) is 30.0 Å². The number of ether oxygens (including phenoxy) is 1. The highest BCUT2D eigenvalue weighted by Crippen LogP contribution is 2.57. The fourth-order valence-electron chi connectivity index (χ4n) is 7.27. The highest BCUT2D eigenvalue weighted by molar-refractivity contribution is 6.04. The van der Waals surface area contributed by atoms with Crippen molar-refractivity contribution in [3.8, 4) is 11.3 Å². The van der Waals surface area contributed by atoms with Crippen molar-refractivity contribution in [2.45, 2.75) is 61.8 Å². The summed E-state index contributed by atoms with van der Waals surface area (Å²) in [5, 5.41) is 9.04. The minimum absolute atomic E-state index is 0.00137. The lowest BCUT2D eigenvalue weighted by atomic mass is 9.83. The molecule has 46 heavy (non-hydrogen) atoms. The third kappa shape index (κ3) is 5.55. The molecule has 2 bridgehead atoms. The number of hydrogen-bond acceptors (Lipinski definition) is 8. The van der Waals surface area contributed by atoms with Gasteiger partial charge < -0.3 is 26.4 Å². The topological polar surface area (TPSA) is 149 Å². The van der Waals surface area contributed by atoms with Crippen LogP contribution in [0.4, 0.5) is 24.8 Å². The van der Waals surface area contributed by atoms with Crippen LogP contribution in [-0.2, 0) is 21.1 Å². The van der Waals surface area contributed by atoms with E-state index in [2.05, 4.69) is 25.9 Å². The molecule has 1 saturated heterocycles. The molecule has 4 heterocycles. The number of carbonyl (C=O) groups is 2. The van der Waals surface area contributed by atoms with E-state index in [-0.39, 0.29) is 34.3 Å². The molecule has 1 atom stereocenters. The van der Waals surface area contributed by atoms with Crippen LogP contribution in [-0.4, -0.2) is 62.5 Å². The molecule has 2 amide bonds. The molecule has 5 N–H and O–H groups in total. The summed E-state index contributed by atoms with van der Waals surface area (Å²) in [6.45, 7) is 2.07. The lowest BCUT2D eigenvalue weighted by Crippen LogP contribution is -2.48. The number of nitrogens with two attached hydrogens (primary N) is 1. The number of imidazole rings is 1. The van der Waals surface area contributed by atoms with Gasteiger partial charge in [-0.05, 0) is 56.4 Å². The number of amides is 2. The van der Waals surface area contributed by atoms with Gasteiger partial charge in [-0.25, -0.2) is 15.0 Å². The number of nitrogens with zero attached hydrogens (tertiary/aromatic N) is 4. The summed E-state index contributed by atoms with van der Waals surface area (Å²) < 4.78 is 47.0. The summed E-state index contributed by atoms with van der Waals surface area (Å²) in [5.74, 6) is 0.364. The molecule has 0 spiro atoms. The van der Waals surface area contributed by atoms with Crippen molar-refractivity contribution in [2.24, 2.45) is 0 Å². The Labute approximate surface area is 262 Å². The minimum Gasteiger partial charge on any atom is -0.382 e. The number of nitrogen functional groups attached to an aromatic ring is 1. The van der Waals surface area contributed by atoms with E-state index in [1.54, 1.807) is 30.5 Å². The maximum absolute atomic E-state index is 13.1. The van der Waals surface area contributed by atoms with E-state index in [1.807, 2.05) is 10.6 Å². The van der Waals surface area contributed by atoms with Gasteiger partial charge in [0.05, 0.1) is 24.7 Å². The largest absolute Gasteiger partial charge is 0.416 e. The third-order valence-electron chi connectivity index (χ3n) is 9.47. The highest BCUT2D eigenvalue weighted by atomic mass is 19.4. The Hall–Kier alpha value is -4.56. The Balaban J connectivity index is 1.12. The maximum Gasteiger partial charge on any atom is 0.416 e. The third-order valence-corrected chi connectivity index (χ3v) is 9.47. The zero-order valence-electron chi connectivity index (χ0n) is 24.9. The van der Waals surface area contributed by atoms with E-state index < -0.39 is 17.6 Å². The summed E-state index contributed by atoms with van der Waals surface area (Å²) in [4.78, 5) is 39.2. The summed E-state index contributed by atoms with van der Waals surface area (Å²) in [6, 6.07) is 8.22. The smallest absolute Gasteiger partial charge is 0.382 e.